The molecule has 0 aliphatic heterocycles. The first-order chi connectivity index (χ1) is 5.62. The highest BCUT2D eigenvalue weighted by molar-refractivity contribution is 5.85. The molecule has 1 aliphatic carbocycles. The molecular formula is C9H14N2O. The Balaban J connectivity index is 2.53. The number of nitrogens with zero attached hydrogens (tertiary/aromatic N) is 1. The van der Waals surface area contributed by atoms with E-state index in [1.54, 1.807) is 6.92 Å². The van der Waals surface area contributed by atoms with Gasteiger partial charge < -0.3 is 5.32 Å². The van der Waals surface area contributed by atoms with Crippen LogP contribution in [0.1, 0.15) is 33.1 Å². The minimum absolute atomic E-state index is 0.116. The van der Waals surface area contributed by atoms with Crippen molar-refractivity contribution in [3.63, 3.8) is 0 Å². The Morgan fingerprint density at radius 3 is 2.67 bits per heavy atom. The summed E-state index contributed by atoms with van der Waals surface area (Å²) in [4.78, 5) is 11.4. The van der Waals surface area contributed by atoms with E-state index in [1.165, 1.54) is 0 Å². The summed E-state index contributed by atoms with van der Waals surface area (Å²) in [5.41, 5.74) is -0.831. The molecule has 0 heterocycles. The van der Waals surface area contributed by atoms with Crippen LogP contribution in [0.15, 0.2) is 0 Å². The van der Waals surface area contributed by atoms with Crippen molar-refractivity contribution in [2.24, 2.45) is 5.41 Å². The van der Waals surface area contributed by atoms with Gasteiger partial charge in [-0.15, -0.1) is 0 Å². The third-order valence-electron chi connectivity index (χ3n) is 2.37. The van der Waals surface area contributed by atoms with Gasteiger partial charge in [-0.2, -0.15) is 5.26 Å². The maximum absolute atomic E-state index is 11.4. The van der Waals surface area contributed by atoms with Crippen molar-refractivity contribution in [2.75, 3.05) is 0 Å². The Morgan fingerprint density at radius 1 is 1.75 bits per heavy atom. The second kappa shape index (κ2) is 3.14. The van der Waals surface area contributed by atoms with E-state index in [2.05, 4.69) is 5.32 Å². The zero-order chi connectivity index (χ0) is 9.19. The fraction of sp³-hybridized carbons (Fsp3) is 0.778. The van der Waals surface area contributed by atoms with Crippen LogP contribution in [0.4, 0.5) is 0 Å². The van der Waals surface area contributed by atoms with Crippen molar-refractivity contribution in [2.45, 2.75) is 39.2 Å². The normalized spacial score (nSPS) is 20.8. The monoisotopic (exact) mass is 166 g/mol. The molecule has 3 heteroatoms. The summed E-state index contributed by atoms with van der Waals surface area (Å²) in [6.07, 6.45) is 2.70. The van der Waals surface area contributed by atoms with Crippen LogP contribution in [0.3, 0.4) is 0 Å². The van der Waals surface area contributed by atoms with E-state index in [4.69, 9.17) is 5.26 Å². The van der Waals surface area contributed by atoms with Crippen molar-refractivity contribution in [1.29, 1.82) is 5.26 Å². The smallest absolute Gasteiger partial charge is 0.240 e. The molecule has 0 aromatic carbocycles. The van der Waals surface area contributed by atoms with Gasteiger partial charge in [0.25, 0.3) is 0 Å². The van der Waals surface area contributed by atoms with Crippen LogP contribution in [-0.4, -0.2) is 11.9 Å². The van der Waals surface area contributed by atoms with Gasteiger partial charge >= 0.3 is 0 Å². The molecule has 1 unspecified atom stereocenters. The molecular weight excluding hydrogens is 152 g/mol. The first-order valence-corrected chi connectivity index (χ1v) is 4.34. The molecule has 0 saturated heterocycles. The molecule has 1 aliphatic rings. The van der Waals surface area contributed by atoms with Gasteiger partial charge in [0.2, 0.25) is 5.91 Å². The Labute approximate surface area is 72.8 Å². The molecule has 0 radical (unpaired) electrons. The molecule has 0 aromatic rings. The quantitative estimate of drug-likeness (QED) is 0.685. The summed E-state index contributed by atoms with van der Waals surface area (Å²) in [5, 5.41) is 11.6. The predicted octanol–water partition coefficient (Wildman–Crippen LogP) is 1.20. The molecule has 0 bridgehead atoms. The molecule has 0 aromatic heterocycles. The summed E-state index contributed by atoms with van der Waals surface area (Å²) in [7, 11) is 0. The predicted molar refractivity (Wildman–Crippen MR) is 45.2 cm³/mol. The summed E-state index contributed by atoms with van der Waals surface area (Å²) < 4.78 is 0. The number of hydrogen-bond acceptors (Lipinski definition) is 2. The largest absolute Gasteiger partial charge is 0.352 e. The lowest BCUT2D eigenvalue weighted by atomic mass is 9.88. The second-order valence-electron chi connectivity index (χ2n) is 3.55. The molecule has 1 amide bonds. The minimum atomic E-state index is -0.831. The van der Waals surface area contributed by atoms with Gasteiger partial charge in [-0.25, -0.2) is 0 Å². The van der Waals surface area contributed by atoms with E-state index < -0.39 is 5.41 Å². The Bertz CT molecular complexity index is 227. The van der Waals surface area contributed by atoms with Gasteiger partial charge in [0.05, 0.1) is 6.07 Å². The van der Waals surface area contributed by atoms with E-state index in [9.17, 15) is 4.79 Å². The van der Waals surface area contributed by atoms with Crippen molar-refractivity contribution in [3.05, 3.63) is 0 Å². The first kappa shape index (κ1) is 9.05. The molecule has 0 spiro atoms. The Hall–Kier alpha value is -1.04. The lowest BCUT2D eigenvalue weighted by Crippen LogP contribution is -2.38. The van der Waals surface area contributed by atoms with E-state index in [-0.39, 0.29) is 5.91 Å². The maximum Gasteiger partial charge on any atom is 0.240 e. The van der Waals surface area contributed by atoms with Crippen molar-refractivity contribution in [3.8, 4) is 6.07 Å². The summed E-state index contributed by atoms with van der Waals surface area (Å²) in [6, 6.07) is 2.39. The molecule has 1 fully saturated rings. The van der Waals surface area contributed by atoms with Gasteiger partial charge in [0.15, 0.2) is 0 Å². The van der Waals surface area contributed by atoms with Crippen molar-refractivity contribution in [1.82, 2.24) is 5.32 Å². The van der Waals surface area contributed by atoms with Crippen LogP contribution in [0.5, 0.6) is 0 Å². The molecule has 12 heavy (non-hydrogen) atoms. The van der Waals surface area contributed by atoms with Crippen molar-refractivity contribution < 1.29 is 4.79 Å². The van der Waals surface area contributed by atoms with Crippen molar-refractivity contribution >= 4 is 5.91 Å². The molecule has 3 nitrogen and oxygen atoms in total. The van der Waals surface area contributed by atoms with E-state index in [1.807, 2.05) is 13.0 Å². The van der Waals surface area contributed by atoms with Crippen LogP contribution >= 0.6 is 0 Å². The van der Waals surface area contributed by atoms with Crippen LogP contribution in [0.2, 0.25) is 0 Å². The van der Waals surface area contributed by atoms with Crippen LogP contribution < -0.4 is 5.32 Å². The summed E-state index contributed by atoms with van der Waals surface area (Å²) in [5.74, 6) is -0.116. The third kappa shape index (κ3) is 1.76. The highest BCUT2D eigenvalue weighted by Gasteiger charge is 2.34. The van der Waals surface area contributed by atoms with Gasteiger partial charge in [-0.1, -0.05) is 6.92 Å². The standard InChI is InChI=1S/C9H14N2O/c1-3-9(2,6-10)8(12)11-7-4-5-7/h7H,3-5H2,1-2H3,(H,11,12). The molecule has 66 valence electrons. The molecule has 1 N–H and O–H groups in total. The maximum atomic E-state index is 11.4. The number of nitrogens with one attached hydrogen (secondary N) is 1. The Kier molecular flexibility index (Phi) is 2.37. The zero-order valence-corrected chi connectivity index (χ0v) is 7.55. The number of carbonyl (C=O) groups excluding carboxylic acids is 1. The SMILES string of the molecule is CCC(C)(C#N)C(=O)NC1CC1. The Morgan fingerprint density at radius 2 is 2.33 bits per heavy atom. The fourth-order valence-corrected chi connectivity index (χ4v) is 0.863. The number of rotatable bonds is 3. The number of nitriles is 1. The number of amides is 1. The average molecular weight is 166 g/mol. The topological polar surface area (TPSA) is 52.9 Å². The average Bonchev–Trinajstić information content (AvgIpc) is 2.86. The van der Waals surface area contributed by atoms with Gasteiger partial charge in [0, 0.05) is 6.04 Å². The highest BCUT2D eigenvalue weighted by Crippen LogP contribution is 2.24. The molecule has 1 atom stereocenters. The van der Waals surface area contributed by atoms with Crippen LogP contribution in [0, 0.1) is 16.7 Å². The molecule has 1 rings (SSSR count). The van der Waals surface area contributed by atoms with Gasteiger partial charge in [-0.3, -0.25) is 4.79 Å². The van der Waals surface area contributed by atoms with E-state index in [0.29, 0.717) is 12.5 Å². The second-order valence-corrected chi connectivity index (χ2v) is 3.55. The zero-order valence-electron chi connectivity index (χ0n) is 7.55. The van der Waals surface area contributed by atoms with Crippen LogP contribution in [0.25, 0.3) is 0 Å². The van der Waals surface area contributed by atoms with E-state index >= 15 is 0 Å². The number of carbonyl (C=O) groups is 1. The lowest BCUT2D eigenvalue weighted by Gasteiger charge is -2.17. The summed E-state index contributed by atoms with van der Waals surface area (Å²) in [6.45, 7) is 3.54. The van der Waals surface area contributed by atoms with E-state index in [0.717, 1.165) is 12.8 Å². The fourth-order valence-electron chi connectivity index (χ4n) is 0.863. The number of hydrogen-bond donors (Lipinski definition) is 1. The van der Waals surface area contributed by atoms with Gasteiger partial charge in [0.1, 0.15) is 5.41 Å². The van der Waals surface area contributed by atoms with Gasteiger partial charge in [-0.05, 0) is 26.2 Å². The minimum Gasteiger partial charge on any atom is -0.352 e. The first-order valence-electron chi connectivity index (χ1n) is 4.34. The lowest BCUT2D eigenvalue weighted by molar-refractivity contribution is -0.127. The third-order valence-corrected chi connectivity index (χ3v) is 2.37. The van der Waals surface area contributed by atoms with Crippen LogP contribution in [-0.2, 0) is 4.79 Å². The molecule has 1 saturated carbocycles. The summed E-state index contributed by atoms with van der Waals surface area (Å²) >= 11 is 0. The highest BCUT2D eigenvalue weighted by atomic mass is 16.2.